The van der Waals surface area contributed by atoms with E-state index in [1.165, 1.54) is 20.8 Å². The van der Waals surface area contributed by atoms with Crippen LogP contribution in [0.1, 0.15) is 138 Å². The summed E-state index contributed by atoms with van der Waals surface area (Å²) in [5.74, 6) is -1.95. The Hall–Kier alpha value is -1.66. The fourth-order valence-corrected chi connectivity index (χ4v) is 8.89. The number of aliphatic hydroxyl groups is 7. The molecule has 5 heterocycles. The van der Waals surface area contributed by atoms with E-state index in [9.17, 15) is 45.3 Å². The molecule has 0 aliphatic carbocycles. The second-order valence-electron chi connectivity index (χ2n) is 18.5. The van der Waals surface area contributed by atoms with E-state index >= 15 is 0 Å². The molecule has 5 aliphatic heterocycles. The number of rotatable bonds is 11. The average molecular weight is 923 g/mol. The van der Waals surface area contributed by atoms with E-state index in [-0.39, 0.29) is 12.5 Å². The van der Waals surface area contributed by atoms with Crippen LogP contribution in [0.5, 0.6) is 0 Å². The highest BCUT2D eigenvalue weighted by Crippen LogP contribution is 2.37. The highest BCUT2D eigenvalue weighted by Gasteiger charge is 2.57. The molecule has 0 aromatic heterocycles. The molecule has 0 saturated carbocycles. The minimum atomic E-state index is -1.86. The fourth-order valence-electron chi connectivity index (χ4n) is 8.89. The third kappa shape index (κ3) is 13.5. The summed E-state index contributed by atoms with van der Waals surface area (Å²) in [6.45, 7) is 11.7. The minimum absolute atomic E-state index is 0.0387. The molecule has 5 saturated heterocycles. The van der Waals surface area contributed by atoms with Crippen molar-refractivity contribution in [3.63, 3.8) is 0 Å². The van der Waals surface area contributed by atoms with Gasteiger partial charge in [0.05, 0.1) is 36.4 Å². The van der Waals surface area contributed by atoms with Crippen molar-refractivity contribution in [2.45, 2.75) is 267 Å². The van der Waals surface area contributed by atoms with Gasteiger partial charge < -0.3 is 83.1 Å². The number of hydrogen-bond acceptors (Lipinski definition) is 19. The second-order valence-corrected chi connectivity index (χ2v) is 18.5. The Morgan fingerprint density at radius 2 is 1.17 bits per heavy atom. The van der Waals surface area contributed by atoms with Gasteiger partial charge in [0.2, 0.25) is 0 Å². The van der Waals surface area contributed by atoms with Gasteiger partial charge in [-0.2, -0.15) is 0 Å². The van der Waals surface area contributed by atoms with Gasteiger partial charge in [-0.1, -0.05) is 78.6 Å². The Kier molecular flexibility index (Phi) is 20.9. The molecular weight excluding hydrogens is 844 g/mol. The quantitative estimate of drug-likeness (QED) is 0.115. The van der Waals surface area contributed by atoms with E-state index in [0.717, 1.165) is 70.6 Å². The van der Waals surface area contributed by atoms with Crippen molar-refractivity contribution in [3.8, 4) is 0 Å². The zero-order chi connectivity index (χ0) is 46.8. The number of carbonyl (C=O) groups is 2. The molecule has 19 heteroatoms. The molecule has 5 fully saturated rings. The van der Waals surface area contributed by atoms with Crippen LogP contribution in [-0.2, 0) is 57.0 Å². The van der Waals surface area contributed by atoms with E-state index in [1.807, 2.05) is 0 Å². The molecule has 19 nitrogen and oxygen atoms in total. The van der Waals surface area contributed by atoms with Crippen LogP contribution in [0.4, 0.5) is 0 Å². The maximum absolute atomic E-state index is 13.5. The van der Waals surface area contributed by atoms with E-state index in [4.69, 9.17) is 47.4 Å². The molecule has 0 amide bonds. The van der Waals surface area contributed by atoms with Crippen LogP contribution < -0.4 is 0 Å². The van der Waals surface area contributed by atoms with Crippen LogP contribution in [0.15, 0.2) is 0 Å². The molecule has 64 heavy (non-hydrogen) atoms. The van der Waals surface area contributed by atoms with Gasteiger partial charge in [-0.25, -0.2) is 0 Å². The molecule has 0 aromatic rings. The van der Waals surface area contributed by atoms with Crippen LogP contribution in [0, 0.1) is 5.92 Å². The molecule has 2 bridgehead atoms. The standard InChI is InChI=1S/C45H78O19/c1-8-10-16-19-27-20-17-14-12-11-13-15-18-21-28(46)60-37-31(49)25(6)57-45(63-39-33(51)30(48)24(5)56-44(39)59-27)40(37)64-43-35(53)38(61-41(54)22(3)9-2)36(26(7)58-43)62-42-34(52)32(50)29(47)23(4)55-42/h22-27,29-40,42-45,47-53H,8-21H2,1-7H3/t22-,23+,24+,25+,26-,27+,29+,30+,31+,32-,33-,34+,35+,36-,37-,38-,39+,40+,42-,43-,44-,45-/m0/s1. The van der Waals surface area contributed by atoms with E-state index < -0.39 is 141 Å². The Labute approximate surface area is 377 Å². The molecule has 7 N–H and O–H groups in total. The van der Waals surface area contributed by atoms with Crippen molar-refractivity contribution in [1.82, 2.24) is 0 Å². The fraction of sp³-hybridized carbons (Fsp3) is 0.956. The van der Waals surface area contributed by atoms with E-state index in [1.54, 1.807) is 20.8 Å². The van der Waals surface area contributed by atoms with Gasteiger partial charge in [0.1, 0.15) is 54.9 Å². The number of esters is 2. The van der Waals surface area contributed by atoms with Gasteiger partial charge in [0.15, 0.2) is 43.5 Å². The number of unbranched alkanes of at least 4 members (excludes halogenated alkanes) is 2. The average Bonchev–Trinajstić information content (AvgIpc) is 3.26. The molecule has 5 aliphatic rings. The van der Waals surface area contributed by atoms with Gasteiger partial charge in [0.25, 0.3) is 0 Å². The molecule has 0 radical (unpaired) electrons. The summed E-state index contributed by atoms with van der Waals surface area (Å²) in [4.78, 5) is 26.9. The summed E-state index contributed by atoms with van der Waals surface area (Å²) in [7, 11) is 0. The van der Waals surface area contributed by atoms with Gasteiger partial charge in [0, 0.05) is 6.42 Å². The first kappa shape index (κ1) is 53.3. The number of ether oxygens (including phenoxy) is 10. The predicted molar refractivity (Wildman–Crippen MR) is 224 cm³/mol. The summed E-state index contributed by atoms with van der Waals surface area (Å²) in [5.41, 5.74) is 0. The highest BCUT2D eigenvalue weighted by atomic mass is 16.8. The monoisotopic (exact) mass is 923 g/mol. The van der Waals surface area contributed by atoms with Gasteiger partial charge in [-0.3, -0.25) is 9.59 Å². The van der Waals surface area contributed by atoms with Crippen molar-refractivity contribution in [3.05, 3.63) is 0 Å². The first-order valence-corrected chi connectivity index (χ1v) is 23.9. The molecule has 372 valence electrons. The van der Waals surface area contributed by atoms with Crippen LogP contribution in [-0.4, -0.2) is 177 Å². The van der Waals surface area contributed by atoms with Gasteiger partial charge in [-0.05, 0) is 53.4 Å². The Bertz CT molecular complexity index is 1410. The van der Waals surface area contributed by atoms with Crippen LogP contribution in [0.25, 0.3) is 0 Å². The second kappa shape index (κ2) is 25.1. The summed E-state index contributed by atoms with van der Waals surface area (Å²) >= 11 is 0. The van der Waals surface area contributed by atoms with E-state index in [2.05, 4.69) is 6.92 Å². The van der Waals surface area contributed by atoms with Crippen molar-refractivity contribution in [2.75, 3.05) is 0 Å². The third-order valence-electron chi connectivity index (χ3n) is 13.4. The summed E-state index contributed by atoms with van der Waals surface area (Å²) in [5, 5.41) is 78.1. The summed E-state index contributed by atoms with van der Waals surface area (Å²) in [6.07, 6.45) is -17.9. The van der Waals surface area contributed by atoms with Crippen molar-refractivity contribution in [1.29, 1.82) is 0 Å². The molecule has 0 unspecified atom stereocenters. The first-order chi connectivity index (χ1) is 30.5. The molecule has 0 spiro atoms. The lowest BCUT2D eigenvalue weighted by Crippen LogP contribution is -2.67. The van der Waals surface area contributed by atoms with Crippen LogP contribution >= 0.6 is 0 Å². The SMILES string of the molecule is CCCCC[C@@H]1CCCCCCCCCC(=O)O[C@H]2[C@H](O)[C@@H](C)O[C@@H](O[C@H]3[C@H](O1)O[C@H](C)[C@@H](O)[C@@H]3O)[C@@H]2O[C@@H]1O[C@@H](C)[C@H](O[C@@H]2O[C@H](C)[C@@H](O)[C@H](O)[C@H]2O)[C@@H](OC(=O)[C@@H](C)CC)[C@H]1O. The number of fused-ring (bicyclic) bond motifs is 3. The number of hydrogen-bond donors (Lipinski definition) is 7. The lowest BCUT2D eigenvalue weighted by atomic mass is 9.96. The largest absolute Gasteiger partial charge is 0.456 e. The third-order valence-corrected chi connectivity index (χ3v) is 13.4. The van der Waals surface area contributed by atoms with Gasteiger partial charge in [-0.15, -0.1) is 0 Å². The zero-order valence-corrected chi connectivity index (χ0v) is 38.6. The zero-order valence-electron chi connectivity index (χ0n) is 38.6. The normalized spacial score (nSPS) is 45.2. The van der Waals surface area contributed by atoms with Crippen molar-refractivity contribution >= 4 is 11.9 Å². The summed E-state index contributed by atoms with van der Waals surface area (Å²) in [6, 6.07) is 0. The smallest absolute Gasteiger partial charge is 0.309 e. The lowest BCUT2D eigenvalue weighted by molar-refractivity contribution is -0.397. The Morgan fingerprint density at radius 3 is 1.86 bits per heavy atom. The van der Waals surface area contributed by atoms with Gasteiger partial charge >= 0.3 is 11.9 Å². The number of carbonyl (C=O) groups excluding carboxylic acids is 2. The van der Waals surface area contributed by atoms with Crippen molar-refractivity contribution in [2.24, 2.45) is 5.92 Å². The topological polar surface area (TPSA) is 268 Å². The highest BCUT2D eigenvalue weighted by molar-refractivity contribution is 5.72. The predicted octanol–water partition coefficient (Wildman–Crippen LogP) is 2.01. The van der Waals surface area contributed by atoms with Crippen LogP contribution in [0.3, 0.4) is 0 Å². The first-order valence-electron chi connectivity index (χ1n) is 23.9. The molecule has 22 atom stereocenters. The van der Waals surface area contributed by atoms with Crippen molar-refractivity contribution < 1.29 is 92.7 Å². The maximum Gasteiger partial charge on any atom is 0.309 e. The Balaban J connectivity index is 1.50. The molecule has 0 aromatic carbocycles. The summed E-state index contributed by atoms with van der Waals surface area (Å²) < 4.78 is 61.9. The maximum atomic E-state index is 13.5. The number of aliphatic hydroxyl groups excluding tert-OH is 7. The minimum Gasteiger partial charge on any atom is -0.456 e. The lowest BCUT2D eigenvalue weighted by Gasteiger charge is -2.50. The molecule has 5 rings (SSSR count). The Morgan fingerprint density at radius 1 is 0.594 bits per heavy atom. The van der Waals surface area contributed by atoms with Crippen LogP contribution in [0.2, 0.25) is 0 Å². The van der Waals surface area contributed by atoms with E-state index in [0.29, 0.717) is 12.8 Å². The molecular formula is C45H78O19.